The molecule has 0 saturated carbocycles. The van der Waals surface area contributed by atoms with Crippen molar-refractivity contribution in [3.05, 3.63) is 63.4 Å². The normalized spacial score (nSPS) is 13.6. The van der Waals surface area contributed by atoms with Gasteiger partial charge in [0, 0.05) is 17.4 Å². The van der Waals surface area contributed by atoms with Gasteiger partial charge in [-0.25, -0.2) is 15.0 Å². The van der Waals surface area contributed by atoms with E-state index in [2.05, 4.69) is 40.7 Å². The Labute approximate surface area is 242 Å². The van der Waals surface area contributed by atoms with Crippen molar-refractivity contribution in [1.29, 1.82) is 0 Å². The predicted molar refractivity (Wildman–Crippen MR) is 154 cm³/mol. The number of tetrazole rings is 1. The molecule has 41 heavy (non-hydrogen) atoms. The fraction of sp³-hybridized carbons (Fsp3) is 0.231. The number of imidazole rings is 1. The number of nitrogens with two attached hydrogens (primary N) is 1. The number of nitrogens with one attached hydrogen (secondary N) is 1. The number of nitrogens with zero attached hydrogens (tertiary/aromatic N) is 10. The number of pyridine rings is 1. The third-order valence-corrected chi connectivity index (χ3v) is 6.88. The Hall–Kier alpha value is -5.11. The topological polar surface area (TPSA) is 169 Å². The molecule has 0 radical (unpaired) electrons. The molecule has 1 atom stereocenters. The van der Waals surface area contributed by atoms with E-state index < -0.39 is 13.0 Å². The van der Waals surface area contributed by atoms with Crippen LogP contribution in [0, 0.1) is 6.92 Å². The molecule has 5 heterocycles. The number of methoxy groups -OCH3 is 1. The molecular formula is C26H25ClN12O2. The lowest BCUT2D eigenvalue weighted by molar-refractivity contribution is 0.399. The second-order valence-electron chi connectivity index (χ2n) is 9.35. The molecule has 0 aliphatic rings. The summed E-state index contributed by atoms with van der Waals surface area (Å²) in [5, 5.41) is 15.6. The fourth-order valence-electron chi connectivity index (χ4n) is 4.90. The van der Waals surface area contributed by atoms with Crippen molar-refractivity contribution in [2.75, 3.05) is 18.2 Å². The number of fused-ring (bicyclic) bond motifs is 3. The second kappa shape index (κ2) is 9.82. The largest absolute Gasteiger partial charge is 0.480 e. The van der Waals surface area contributed by atoms with Crippen molar-refractivity contribution in [2.45, 2.75) is 19.9 Å². The molecule has 5 aromatic heterocycles. The molecule has 1 unspecified atom stereocenters. The van der Waals surface area contributed by atoms with E-state index in [9.17, 15) is 4.79 Å². The van der Waals surface area contributed by atoms with E-state index in [4.69, 9.17) is 26.2 Å². The lowest BCUT2D eigenvalue weighted by Crippen LogP contribution is -2.21. The van der Waals surface area contributed by atoms with Gasteiger partial charge in [-0.15, -0.1) is 10.2 Å². The fourth-order valence-corrected chi connectivity index (χ4v) is 5.05. The van der Waals surface area contributed by atoms with Crippen molar-refractivity contribution in [3.8, 4) is 28.7 Å². The standard InChI is InChI=1S/C26H25ClN12O2/c1-12-8-14(13(2)31-17-6-7-18(27)32-20(17)22-34-36-38(4)35-22)21-15(9-12)25(40)37(3)24-19(30-11-39(21)24)16-10-29-26(28)33-23(16)41-5/h6-11,13,31H,1-5H3,(H2,28,29,33)/i4D3. The molecule has 0 amide bonds. The van der Waals surface area contributed by atoms with Gasteiger partial charge in [-0.05, 0) is 48.4 Å². The summed E-state index contributed by atoms with van der Waals surface area (Å²) in [7, 11) is 3.13. The van der Waals surface area contributed by atoms with Gasteiger partial charge in [0.1, 0.15) is 28.5 Å². The molecule has 6 rings (SSSR count). The van der Waals surface area contributed by atoms with Crippen LogP contribution < -0.4 is 21.3 Å². The van der Waals surface area contributed by atoms with E-state index in [1.165, 1.54) is 17.9 Å². The number of halogens is 1. The molecule has 0 aliphatic heterocycles. The number of hydrogen-bond acceptors (Lipinski definition) is 11. The van der Waals surface area contributed by atoms with Gasteiger partial charge in [-0.3, -0.25) is 13.8 Å². The van der Waals surface area contributed by atoms with Crippen molar-refractivity contribution < 1.29 is 8.85 Å². The van der Waals surface area contributed by atoms with E-state index in [0.29, 0.717) is 38.3 Å². The second-order valence-corrected chi connectivity index (χ2v) is 9.74. The van der Waals surface area contributed by atoms with Crippen LogP contribution in [0.5, 0.6) is 5.88 Å². The zero-order valence-corrected chi connectivity index (χ0v) is 23.0. The molecule has 208 valence electrons. The SMILES string of the molecule is [2H]C([2H])([2H])n1nnc(-c2nc(Cl)ccc2NC(C)c2cc(C)cc3c(=O)n(C)c4c(-c5cnc(N)nc5OC)ncn4c23)n1. The zero-order valence-electron chi connectivity index (χ0n) is 25.3. The first-order valence-corrected chi connectivity index (χ1v) is 12.7. The van der Waals surface area contributed by atoms with Crippen molar-refractivity contribution >= 4 is 39.8 Å². The highest BCUT2D eigenvalue weighted by molar-refractivity contribution is 6.29. The predicted octanol–water partition coefficient (Wildman–Crippen LogP) is 2.95. The van der Waals surface area contributed by atoms with E-state index in [-0.39, 0.29) is 34.1 Å². The molecule has 3 N–H and O–H groups in total. The molecule has 0 spiro atoms. The monoisotopic (exact) mass is 575 g/mol. The summed E-state index contributed by atoms with van der Waals surface area (Å²) in [4.78, 5) is 31.6. The zero-order chi connectivity index (χ0) is 31.5. The lowest BCUT2D eigenvalue weighted by atomic mass is 10.0. The van der Waals surface area contributed by atoms with Gasteiger partial charge in [0.15, 0.2) is 0 Å². The maximum Gasteiger partial charge on any atom is 0.261 e. The average Bonchev–Trinajstić information content (AvgIpc) is 3.65. The van der Waals surface area contributed by atoms with Crippen LogP contribution in [-0.4, -0.2) is 56.2 Å². The smallest absolute Gasteiger partial charge is 0.261 e. The van der Waals surface area contributed by atoms with Crippen LogP contribution in [0.15, 0.2) is 41.6 Å². The van der Waals surface area contributed by atoms with Crippen LogP contribution in [0.4, 0.5) is 11.6 Å². The minimum Gasteiger partial charge on any atom is -0.480 e. The molecule has 0 aliphatic carbocycles. The number of aromatic nitrogens is 10. The third kappa shape index (κ3) is 4.37. The van der Waals surface area contributed by atoms with Crippen molar-refractivity contribution in [3.63, 3.8) is 0 Å². The number of nitrogen functional groups attached to an aromatic ring is 1. The Morgan fingerprint density at radius 1 is 1.20 bits per heavy atom. The summed E-state index contributed by atoms with van der Waals surface area (Å²) in [5.74, 6) is 0.234. The highest BCUT2D eigenvalue weighted by Crippen LogP contribution is 2.34. The molecule has 14 nitrogen and oxygen atoms in total. The number of benzene rings is 1. The van der Waals surface area contributed by atoms with E-state index >= 15 is 0 Å². The maximum atomic E-state index is 13.8. The summed E-state index contributed by atoms with van der Waals surface area (Å²) in [6, 6.07) is 6.64. The molecule has 0 bridgehead atoms. The van der Waals surface area contributed by atoms with Crippen LogP contribution in [0.1, 0.15) is 28.2 Å². The van der Waals surface area contributed by atoms with Crippen LogP contribution in [0.2, 0.25) is 5.15 Å². The van der Waals surface area contributed by atoms with E-state index in [0.717, 1.165) is 11.1 Å². The quantitative estimate of drug-likeness (QED) is 0.280. The van der Waals surface area contributed by atoms with Gasteiger partial charge in [0.2, 0.25) is 17.7 Å². The number of ether oxygens (including phenoxy) is 1. The van der Waals surface area contributed by atoms with Gasteiger partial charge in [-0.2, -0.15) is 9.78 Å². The van der Waals surface area contributed by atoms with Gasteiger partial charge >= 0.3 is 0 Å². The highest BCUT2D eigenvalue weighted by Gasteiger charge is 2.23. The molecule has 1 aromatic carbocycles. The first-order chi connectivity index (χ1) is 20.9. The molecule has 0 fully saturated rings. The molecule has 6 aromatic rings. The Bertz CT molecular complexity index is 2140. The first kappa shape index (κ1) is 22.7. The lowest BCUT2D eigenvalue weighted by Gasteiger charge is -2.21. The van der Waals surface area contributed by atoms with Crippen LogP contribution in [-0.2, 0) is 14.0 Å². The first-order valence-electron chi connectivity index (χ1n) is 13.8. The van der Waals surface area contributed by atoms with E-state index in [1.54, 1.807) is 25.5 Å². The minimum absolute atomic E-state index is 0.0254. The minimum atomic E-state index is -2.62. The Kier molecular flexibility index (Phi) is 5.43. The van der Waals surface area contributed by atoms with Gasteiger partial charge in [0.05, 0.1) is 42.3 Å². The van der Waals surface area contributed by atoms with Crippen LogP contribution in [0.25, 0.3) is 39.3 Å². The molecule has 0 saturated heterocycles. The maximum absolute atomic E-state index is 13.8. The van der Waals surface area contributed by atoms with E-state index in [1.807, 2.05) is 30.4 Å². The van der Waals surface area contributed by atoms with Gasteiger partial charge in [-0.1, -0.05) is 17.7 Å². The summed E-state index contributed by atoms with van der Waals surface area (Å²) in [6.07, 6.45) is 3.13. The summed E-state index contributed by atoms with van der Waals surface area (Å²) < 4.78 is 31.5. The molecule has 15 heteroatoms. The van der Waals surface area contributed by atoms with Crippen molar-refractivity contribution in [1.82, 2.24) is 49.1 Å². The number of aryl methyl sites for hydroxylation is 3. The number of rotatable bonds is 6. The Morgan fingerprint density at radius 2 is 2.02 bits per heavy atom. The highest BCUT2D eigenvalue weighted by atomic mass is 35.5. The van der Waals surface area contributed by atoms with Crippen LogP contribution in [0.3, 0.4) is 0 Å². The van der Waals surface area contributed by atoms with Gasteiger partial charge in [0.25, 0.3) is 5.56 Å². The summed E-state index contributed by atoms with van der Waals surface area (Å²) in [5.41, 5.74) is 9.85. The average molecular weight is 576 g/mol. The number of anilines is 2. The van der Waals surface area contributed by atoms with Crippen LogP contribution >= 0.6 is 11.6 Å². The summed E-state index contributed by atoms with van der Waals surface area (Å²) >= 11 is 6.19. The Morgan fingerprint density at radius 3 is 2.78 bits per heavy atom. The molecular weight excluding hydrogens is 548 g/mol. The number of hydrogen-bond donors (Lipinski definition) is 2. The Balaban J connectivity index is 1.52. The van der Waals surface area contributed by atoms with Gasteiger partial charge < -0.3 is 15.8 Å². The third-order valence-electron chi connectivity index (χ3n) is 6.67. The van der Waals surface area contributed by atoms with Crippen molar-refractivity contribution in [2.24, 2.45) is 14.0 Å². The summed E-state index contributed by atoms with van der Waals surface area (Å²) in [6.45, 7) is 1.20.